The van der Waals surface area contributed by atoms with E-state index >= 15 is 0 Å². The van der Waals surface area contributed by atoms with Crippen molar-refractivity contribution in [3.8, 4) is 0 Å². The molecule has 1 aliphatic rings. The molecule has 0 aromatic rings. The van der Waals surface area contributed by atoms with Crippen LogP contribution in [0.4, 0.5) is 4.79 Å². The van der Waals surface area contributed by atoms with E-state index in [1.165, 1.54) is 0 Å². The molecule has 1 N–H and O–H groups in total. The van der Waals surface area contributed by atoms with Gasteiger partial charge in [-0.05, 0) is 6.92 Å². The van der Waals surface area contributed by atoms with Crippen LogP contribution in [0, 0.1) is 0 Å². The molecule has 1 heterocycles. The number of hydrogen-bond donors (Lipinski definition) is 1. The summed E-state index contributed by atoms with van der Waals surface area (Å²) in [7, 11) is -3.36. The minimum Gasteiger partial charge on any atom is -0.333 e. The number of sulfonamides is 1. The van der Waals surface area contributed by atoms with E-state index in [0.29, 0.717) is 0 Å². The zero-order chi connectivity index (χ0) is 8.65. The Balaban J connectivity index is 2.85. The molecular weight excluding hydrogens is 168 g/mol. The Bertz CT molecular complexity index is 271. The van der Waals surface area contributed by atoms with Crippen molar-refractivity contribution in [1.82, 2.24) is 9.62 Å². The Morgan fingerprint density at radius 2 is 2.18 bits per heavy atom. The number of rotatable bonds is 1. The fraction of sp³-hybridized carbons (Fsp3) is 0.800. The molecule has 0 radical (unpaired) electrons. The van der Waals surface area contributed by atoms with Gasteiger partial charge in [0.05, 0.1) is 12.8 Å². The second kappa shape index (κ2) is 2.37. The maximum Gasteiger partial charge on any atom is 0.331 e. The van der Waals surface area contributed by atoms with Gasteiger partial charge in [-0.15, -0.1) is 0 Å². The number of nitrogens with one attached hydrogen (secondary N) is 1. The second-order valence-corrected chi connectivity index (χ2v) is 4.55. The smallest absolute Gasteiger partial charge is 0.331 e. The van der Waals surface area contributed by atoms with Crippen molar-refractivity contribution in [1.29, 1.82) is 0 Å². The van der Waals surface area contributed by atoms with E-state index in [1.54, 1.807) is 6.92 Å². The molecule has 11 heavy (non-hydrogen) atoms. The third kappa shape index (κ3) is 1.62. The molecule has 0 bridgehead atoms. The van der Waals surface area contributed by atoms with E-state index in [4.69, 9.17) is 0 Å². The summed E-state index contributed by atoms with van der Waals surface area (Å²) < 4.78 is 22.5. The van der Waals surface area contributed by atoms with Crippen LogP contribution in [0.25, 0.3) is 0 Å². The number of urea groups is 1. The summed E-state index contributed by atoms with van der Waals surface area (Å²) in [5.41, 5.74) is 0. The van der Waals surface area contributed by atoms with Crippen LogP contribution in [-0.4, -0.2) is 37.6 Å². The summed E-state index contributed by atoms with van der Waals surface area (Å²) in [5, 5.41) is 2.48. The van der Waals surface area contributed by atoms with Crippen LogP contribution in [0.2, 0.25) is 0 Å². The first-order valence-corrected chi connectivity index (χ1v) is 5.04. The minimum absolute atomic E-state index is 0.0859. The molecule has 1 fully saturated rings. The lowest BCUT2D eigenvalue weighted by Crippen LogP contribution is -2.33. The van der Waals surface area contributed by atoms with Gasteiger partial charge < -0.3 is 5.32 Å². The summed E-state index contributed by atoms with van der Waals surface area (Å²) in [4.78, 5) is 10.9. The minimum atomic E-state index is -3.36. The number of amides is 2. The fourth-order valence-corrected chi connectivity index (χ4v) is 1.79. The molecule has 6 heteroatoms. The molecule has 1 saturated heterocycles. The Kier molecular flexibility index (Phi) is 1.79. The van der Waals surface area contributed by atoms with Crippen molar-refractivity contribution >= 4 is 16.1 Å². The van der Waals surface area contributed by atoms with Crippen LogP contribution < -0.4 is 5.32 Å². The van der Waals surface area contributed by atoms with E-state index in [0.717, 1.165) is 10.6 Å². The number of carbonyl (C=O) groups excluding carboxylic acids is 1. The quantitative estimate of drug-likeness (QED) is 0.580. The van der Waals surface area contributed by atoms with Crippen molar-refractivity contribution in [2.45, 2.75) is 13.0 Å². The van der Waals surface area contributed by atoms with Crippen molar-refractivity contribution < 1.29 is 13.2 Å². The van der Waals surface area contributed by atoms with E-state index in [-0.39, 0.29) is 12.6 Å². The molecule has 1 atom stereocenters. The highest BCUT2D eigenvalue weighted by molar-refractivity contribution is 7.88. The first-order valence-electron chi connectivity index (χ1n) is 3.19. The predicted octanol–water partition coefficient (Wildman–Crippen LogP) is -0.640. The highest BCUT2D eigenvalue weighted by Crippen LogP contribution is 2.07. The van der Waals surface area contributed by atoms with Crippen molar-refractivity contribution in [3.05, 3.63) is 0 Å². The van der Waals surface area contributed by atoms with E-state index in [9.17, 15) is 13.2 Å². The van der Waals surface area contributed by atoms with E-state index in [1.807, 2.05) is 0 Å². The Hall–Kier alpha value is -0.780. The van der Waals surface area contributed by atoms with Crippen molar-refractivity contribution in [2.75, 3.05) is 12.8 Å². The van der Waals surface area contributed by atoms with Gasteiger partial charge in [0.25, 0.3) is 0 Å². The molecular formula is C5H10N2O3S. The van der Waals surface area contributed by atoms with Crippen LogP contribution in [0.1, 0.15) is 6.92 Å². The first-order chi connectivity index (χ1) is 4.91. The standard InChI is InChI=1S/C5H10N2O3S/c1-4-3-7(5(8)6-4)11(2,9)10/h4H,3H2,1-2H3,(H,6,8). The van der Waals surface area contributed by atoms with Gasteiger partial charge in [-0.1, -0.05) is 0 Å². The number of nitrogens with zero attached hydrogens (tertiary/aromatic N) is 1. The Labute approximate surface area is 65.4 Å². The molecule has 64 valence electrons. The SMILES string of the molecule is CC1CN(S(C)(=O)=O)C(=O)N1. The maximum atomic E-state index is 10.9. The maximum absolute atomic E-state index is 10.9. The summed E-state index contributed by atoms with van der Waals surface area (Å²) in [5.74, 6) is 0. The highest BCUT2D eigenvalue weighted by Gasteiger charge is 2.31. The second-order valence-electron chi connectivity index (χ2n) is 2.64. The summed E-state index contributed by atoms with van der Waals surface area (Å²) >= 11 is 0. The zero-order valence-electron chi connectivity index (χ0n) is 6.36. The van der Waals surface area contributed by atoms with Gasteiger partial charge in [0.2, 0.25) is 10.0 Å². The lowest BCUT2D eigenvalue weighted by molar-refractivity contribution is 0.236. The van der Waals surface area contributed by atoms with Crippen LogP contribution in [-0.2, 0) is 10.0 Å². The number of hydrogen-bond acceptors (Lipinski definition) is 3. The normalized spacial score (nSPS) is 25.5. The van der Waals surface area contributed by atoms with Gasteiger partial charge in [-0.25, -0.2) is 17.5 Å². The monoisotopic (exact) mass is 178 g/mol. The highest BCUT2D eigenvalue weighted by atomic mass is 32.2. The van der Waals surface area contributed by atoms with Crippen LogP contribution in [0.3, 0.4) is 0 Å². The molecule has 1 aliphatic heterocycles. The molecule has 5 nitrogen and oxygen atoms in total. The van der Waals surface area contributed by atoms with E-state index < -0.39 is 16.1 Å². The molecule has 2 amide bonds. The Morgan fingerprint density at radius 3 is 2.36 bits per heavy atom. The molecule has 0 aliphatic carbocycles. The third-order valence-corrected chi connectivity index (χ3v) is 2.55. The third-order valence-electron chi connectivity index (χ3n) is 1.44. The summed E-state index contributed by atoms with van der Waals surface area (Å²) in [6, 6.07) is -0.614. The molecule has 1 unspecified atom stereocenters. The topological polar surface area (TPSA) is 66.5 Å². The number of carbonyl (C=O) groups is 1. The average Bonchev–Trinajstić information content (AvgIpc) is 2.08. The zero-order valence-corrected chi connectivity index (χ0v) is 7.18. The van der Waals surface area contributed by atoms with Gasteiger partial charge in [-0.3, -0.25) is 0 Å². The molecule has 0 saturated carbocycles. The van der Waals surface area contributed by atoms with Crippen molar-refractivity contribution in [3.63, 3.8) is 0 Å². The van der Waals surface area contributed by atoms with Gasteiger partial charge in [0, 0.05) is 6.04 Å². The first kappa shape index (κ1) is 8.32. The molecule has 1 rings (SSSR count). The molecule has 0 aromatic heterocycles. The predicted molar refractivity (Wildman–Crippen MR) is 39.5 cm³/mol. The summed E-state index contributed by atoms with van der Waals surface area (Å²) in [6.07, 6.45) is 1.02. The van der Waals surface area contributed by atoms with Gasteiger partial charge in [0.1, 0.15) is 0 Å². The summed E-state index contributed by atoms with van der Waals surface area (Å²) in [6.45, 7) is 1.99. The largest absolute Gasteiger partial charge is 0.333 e. The van der Waals surface area contributed by atoms with Gasteiger partial charge in [0.15, 0.2) is 0 Å². The Morgan fingerprint density at radius 1 is 1.64 bits per heavy atom. The van der Waals surface area contributed by atoms with E-state index in [2.05, 4.69) is 5.32 Å². The lowest BCUT2D eigenvalue weighted by atomic mass is 10.4. The van der Waals surface area contributed by atoms with Gasteiger partial charge in [-0.2, -0.15) is 0 Å². The van der Waals surface area contributed by atoms with Crippen LogP contribution in [0.15, 0.2) is 0 Å². The van der Waals surface area contributed by atoms with Gasteiger partial charge >= 0.3 is 6.03 Å². The van der Waals surface area contributed by atoms with Crippen molar-refractivity contribution in [2.24, 2.45) is 0 Å². The molecule has 0 spiro atoms. The average molecular weight is 178 g/mol. The lowest BCUT2D eigenvalue weighted by Gasteiger charge is -2.09. The fourth-order valence-electron chi connectivity index (χ4n) is 0.946. The van der Waals surface area contributed by atoms with Crippen LogP contribution >= 0.6 is 0 Å². The molecule has 0 aromatic carbocycles. The van der Waals surface area contributed by atoms with Crippen LogP contribution in [0.5, 0.6) is 0 Å².